The van der Waals surface area contributed by atoms with Crippen LogP contribution >= 0.6 is 35.0 Å². The molecule has 0 aliphatic carbocycles. The Labute approximate surface area is 215 Å². The number of rotatable bonds is 10. The van der Waals surface area contributed by atoms with Crippen molar-refractivity contribution in [2.45, 2.75) is 18.2 Å². The van der Waals surface area contributed by atoms with Crippen molar-refractivity contribution in [1.29, 1.82) is 0 Å². The Morgan fingerprint density at radius 3 is 2.69 bits per heavy atom. The largest absolute Gasteiger partial charge is 0.465 e. The minimum Gasteiger partial charge on any atom is -0.465 e. The summed E-state index contributed by atoms with van der Waals surface area (Å²) in [5.41, 5.74) is 1.08. The number of halogens is 2. The van der Waals surface area contributed by atoms with Crippen LogP contribution in [0.3, 0.4) is 0 Å². The lowest BCUT2D eigenvalue weighted by Crippen LogP contribution is -2.25. The molecule has 0 fully saturated rings. The molecule has 0 saturated carbocycles. The van der Waals surface area contributed by atoms with Crippen molar-refractivity contribution in [2.75, 3.05) is 18.2 Å². The Balaban J connectivity index is 1.62. The molecule has 35 heavy (non-hydrogen) atoms. The van der Waals surface area contributed by atoms with Crippen LogP contribution in [0.25, 0.3) is 0 Å². The molecule has 0 unspecified atom stereocenters. The van der Waals surface area contributed by atoms with E-state index in [9.17, 15) is 14.4 Å². The lowest BCUT2D eigenvalue weighted by Gasteiger charge is -2.10. The van der Waals surface area contributed by atoms with Gasteiger partial charge in [-0.15, -0.1) is 16.8 Å². The molecule has 0 spiro atoms. The number of hydrogen-bond donors (Lipinski definition) is 2. The topological polar surface area (TPSA) is 115 Å². The van der Waals surface area contributed by atoms with Gasteiger partial charge in [-0.05, 0) is 36.4 Å². The van der Waals surface area contributed by atoms with E-state index >= 15 is 0 Å². The molecule has 2 aromatic carbocycles. The third-order valence-electron chi connectivity index (χ3n) is 4.59. The van der Waals surface area contributed by atoms with Crippen molar-refractivity contribution < 1.29 is 19.1 Å². The van der Waals surface area contributed by atoms with Crippen LogP contribution in [0.1, 0.15) is 26.5 Å². The van der Waals surface area contributed by atoms with Crippen molar-refractivity contribution in [3.63, 3.8) is 0 Å². The standard InChI is InChI=1S/C23H21Cl2N5O4S/c1-3-9-30-19(12-26-21(32)17-8-7-15(24)11-18(17)25)28-29-23(30)35-13-20(31)27-16-6-4-5-14(10-16)22(33)34-2/h3-8,10-11H,1,9,12-13H2,2H3,(H,26,32)(H,27,31). The molecular formula is C23H21Cl2N5O4S. The summed E-state index contributed by atoms with van der Waals surface area (Å²) in [6, 6.07) is 11.0. The minimum atomic E-state index is -0.494. The van der Waals surface area contributed by atoms with Gasteiger partial charge in [0.25, 0.3) is 5.91 Å². The molecule has 2 N–H and O–H groups in total. The highest BCUT2D eigenvalue weighted by Gasteiger charge is 2.16. The molecule has 182 valence electrons. The minimum absolute atomic E-state index is 0.0461. The summed E-state index contributed by atoms with van der Waals surface area (Å²) in [6.45, 7) is 4.21. The number of carbonyl (C=O) groups excluding carboxylic acids is 3. The Kier molecular flexibility index (Phi) is 9.30. The average Bonchev–Trinajstić information content (AvgIpc) is 3.22. The molecule has 12 heteroatoms. The Hall–Kier alpha value is -3.34. The SMILES string of the molecule is C=CCn1c(CNC(=O)c2ccc(Cl)cc2Cl)nnc1SCC(=O)Nc1cccc(C(=O)OC)c1. The van der Waals surface area contributed by atoms with Gasteiger partial charge in [-0.3, -0.25) is 9.59 Å². The van der Waals surface area contributed by atoms with E-state index in [1.807, 2.05) is 0 Å². The van der Waals surface area contributed by atoms with Crippen LogP contribution in [0.15, 0.2) is 60.3 Å². The van der Waals surface area contributed by atoms with Crippen LogP contribution in [0.2, 0.25) is 10.0 Å². The second kappa shape index (κ2) is 12.4. The number of allylic oxidation sites excluding steroid dienone is 1. The Morgan fingerprint density at radius 2 is 1.97 bits per heavy atom. The molecule has 0 atom stereocenters. The normalized spacial score (nSPS) is 10.5. The molecule has 0 saturated heterocycles. The first-order valence-corrected chi connectivity index (χ1v) is 11.9. The maximum atomic E-state index is 12.5. The fraction of sp³-hybridized carbons (Fsp3) is 0.174. The van der Waals surface area contributed by atoms with Crippen LogP contribution < -0.4 is 10.6 Å². The quantitative estimate of drug-likeness (QED) is 0.227. The second-order valence-electron chi connectivity index (χ2n) is 7.01. The summed E-state index contributed by atoms with van der Waals surface area (Å²) < 4.78 is 6.43. The monoisotopic (exact) mass is 533 g/mol. The van der Waals surface area contributed by atoms with E-state index in [0.29, 0.717) is 33.8 Å². The second-order valence-corrected chi connectivity index (χ2v) is 8.80. The van der Waals surface area contributed by atoms with Crippen LogP contribution in [0.5, 0.6) is 0 Å². The van der Waals surface area contributed by atoms with E-state index < -0.39 is 5.97 Å². The summed E-state index contributed by atoms with van der Waals surface area (Å²) in [7, 11) is 1.29. The zero-order valence-corrected chi connectivity index (χ0v) is 20.9. The first-order chi connectivity index (χ1) is 16.8. The van der Waals surface area contributed by atoms with Crippen LogP contribution in [0.4, 0.5) is 5.69 Å². The summed E-state index contributed by atoms with van der Waals surface area (Å²) in [6.07, 6.45) is 1.66. The van der Waals surface area contributed by atoms with E-state index in [1.165, 1.54) is 37.1 Å². The summed E-state index contributed by atoms with van der Waals surface area (Å²) >= 11 is 13.1. The summed E-state index contributed by atoms with van der Waals surface area (Å²) in [4.78, 5) is 36.6. The lowest BCUT2D eigenvalue weighted by molar-refractivity contribution is -0.113. The number of thioether (sulfide) groups is 1. The number of amides is 2. The first kappa shape index (κ1) is 26.3. The lowest BCUT2D eigenvalue weighted by atomic mass is 10.2. The third kappa shape index (κ3) is 7.08. The van der Waals surface area contributed by atoms with E-state index in [2.05, 4.69) is 27.4 Å². The predicted octanol–water partition coefficient (Wildman–Crippen LogP) is 4.22. The highest BCUT2D eigenvalue weighted by molar-refractivity contribution is 7.99. The molecule has 0 aliphatic rings. The van der Waals surface area contributed by atoms with E-state index in [-0.39, 0.29) is 34.7 Å². The van der Waals surface area contributed by atoms with Crippen LogP contribution in [0, 0.1) is 0 Å². The number of aromatic nitrogens is 3. The number of benzene rings is 2. The number of nitrogens with one attached hydrogen (secondary N) is 2. The number of anilines is 1. The molecule has 1 aromatic heterocycles. The maximum absolute atomic E-state index is 12.5. The number of nitrogens with zero attached hydrogens (tertiary/aromatic N) is 3. The van der Waals surface area contributed by atoms with Gasteiger partial charge < -0.3 is 19.9 Å². The molecule has 0 aliphatic heterocycles. The fourth-order valence-electron chi connectivity index (χ4n) is 2.97. The van der Waals surface area contributed by atoms with E-state index in [0.717, 1.165) is 0 Å². The molecule has 9 nitrogen and oxygen atoms in total. The molecule has 3 rings (SSSR count). The molecule has 3 aromatic rings. The predicted molar refractivity (Wildman–Crippen MR) is 135 cm³/mol. The number of methoxy groups -OCH3 is 1. The first-order valence-electron chi connectivity index (χ1n) is 10.2. The van der Waals surface area contributed by atoms with Gasteiger partial charge in [0.15, 0.2) is 11.0 Å². The Bertz CT molecular complexity index is 1260. The number of esters is 1. The van der Waals surface area contributed by atoms with Crippen molar-refractivity contribution >= 4 is 58.4 Å². The summed E-state index contributed by atoms with van der Waals surface area (Å²) in [5, 5.41) is 14.9. The van der Waals surface area contributed by atoms with Crippen molar-refractivity contribution in [1.82, 2.24) is 20.1 Å². The van der Waals surface area contributed by atoms with E-state index in [4.69, 9.17) is 27.9 Å². The average molecular weight is 534 g/mol. The molecule has 2 amide bonds. The molecule has 1 heterocycles. The van der Waals surface area contributed by atoms with Gasteiger partial charge in [-0.2, -0.15) is 0 Å². The summed E-state index contributed by atoms with van der Waals surface area (Å²) in [5.74, 6) is -0.646. The van der Waals surface area contributed by atoms with Gasteiger partial charge in [0.05, 0.1) is 35.6 Å². The highest BCUT2D eigenvalue weighted by atomic mass is 35.5. The van der Waals surface area contributed by atoms with E-state index in [1.54, 1.807) is 34.9 Å². The third-order valence-corrected chi connectivity index (χ3v) is 6.10. The maximum Gasteiger partial charge on any atom is 0.337 e. The smallest absolute Gasteiger partial charge is 0.337 e. The van der Waals surface area contributed by atoms with Crippen LogP contribution in [-0.2, 0) is 22.6 Å². The zero-order chi connectivity index (χ0) is 25.4. The molecule has 0 bridgehead atoms. The van der Waals surface area contributed by atoms with Gasteiger partial charge in [-0.25, -0.2) is 4.79 Å². The number of carbonyl (C=O) groups is 3. The Morgan fingerprint density at radius 1 is 1.17 bits per heavy atom. The molecule has 0 radical (unpaired) electrons. The van der Waals surface area contributed by atoms with Crippen molar-refractivity contribution in [2.24, 2.45) is 0 Å². The zero-order valence-electron chi connectivity index (χ0n) is 18.6. The van der Waals surface area contributed by atoms with Crippen molar-refractivity contribution in [3.05, 3.63) is 82.1 Å². The fourth-order valence-corrected chi connectivity index (χ4v) is 4.23. The number of ether oxygens (including phenoxy) is 1. The van der Waals surface area contributed by atoms with Gasteiger partial charge in [-0.1, -0.05) is 47.1 Å². The van der Waals surface area contributed by atoms with Crippen LogP contribution in [-0.4, -0.2) is 45.4 Å². The molecular weight excluding hydrogens is 513 g/mol. The van der Waals surface area contributed by atoms with Gasteiger partial charge in [0.2, 0.25) is 5.91 Å². The van der Waals surface area contributed by atoms with Crippen molar-refractivity contribution in [3.8, 4) is 0 Å². The highest BCUT2D eigenvalue weighted by Crippen LogP contribution is 2.22. The van der Waals surface area contributed by atoms with Gasteiger partial charge in [0, 0.05) is 17.3 Å². The van der Waals surface area contributed by atoms with Gasteiger partial charge >= 0.3 is 5.97 Å². The van der Waals surface area contributed by atoms with Gasteiger partial charge in [0.1, 0.15) is 0 Å². The number of hydrogen-bond acceptors (Lipinski definition) is 7.